The zero-order valence-electron chi connectivity index (χ0n) is 21.6. The van der Waals surface area contributed by atoms with Crippen molar-refractivity contribution in [3.63, 3.8) is 0 Å². The fourth-order valence-electron chi connectivity index (χ4n) is 4.01. The van der Waals surface area contributed by atoms with Crippen LogP contribution in [-0.2, 0) is 33.5 Å². The Morgan fingerprint density at radius 2 is 2.05 bits per heavy atom. The molecule has 1 unspecified atom stereocenters. The number of carboxylic acid groups (broad SMARTS) is 1. The first-order chi connectivity index (χ1) is 17.9. The zero-order valence-corrected chi connectivity index (χ0v) is 23.2. The summed E-state index contributed by atoms with van der Waals surface area (Å²) in [5, 5.41) is 18.8. The number of esters is 1. The molecule has 1 fully saturated rings. The minimum absolute atomic E-state index is 0.0195. The fraction of sp³-hybridized carbons (Fsp3) is 0.545. The third kappa shape index (κ3) is 6.80. The van der Waals surface area contributed by atoms with Gasteiger partial charge in [0.15, 0.2) is 16.9 Å². The van der Waals surface area contributed by atoms with Crippen LogP contribution in [-0.4, -0.2) is 116 Å². The first-order valence-electron chi connectivity index (χ1n) is 11.4. The van der Waals surface area contributed by atoms with Crippen LogP contribution in [0.25, 0.3) is 0 Å². The van der Waals surface area contributed by atoms with Crippen LogP contribution in [0.5, 0.6) is 0 Å². The summed E-state index contributed by atoms with van der Waals surface area (Å²) >= 11 is 2.45. The zero-order chi connectivity index (χ0) is 28.2. The molecular weight excluding hydrogens is 540 g/mol. The number of likely N-dealkylation sites (N-methyl/N-ethyl adjacent to an activating group) is 1. The number of hydrogen-bond donors (Lipinski definition) is 2. The van der Waals surface area contributed by atoms with Gasteiger partial charge < -0.3 is 39.7 Å². The van der Waals surface area contributed by atoms with Gasteiger partial charge in [-0.25, -0.2) is 9.78 Å². The molecule has 208 valence electrons. The minimum atomic E-state index is -1.36. The Hall–Kier alpha value is -3.21. The number of carbonyl (C=O) groups is 4. The number of nitrogens with zero attached hydrogens (tertiary/aromatic N) is 4. The molecule has 3 heterocycles. The highest BCUT2D eigenvalue weighted by Gasteiger charge is 2.55. The van der Waals surface area contributed by atoms with Crippen LogP contribution in [0.4, 0.5) is 5.13 Å². The van der Waals surface area contributed by atoms with Gasteiger partial charge in [-0.15, -0.1) is 23.1 Å². The van der Waals surface area contributed by atoms with Crippen molar-refractivity contribution in [1.29, 1.82) is 0 Å². The monoisotopic (exact) mass is 570 g/mol. The number of nitrogens with one attached hydrogen (secondary N) is 1. The number of rotatable bonds is 12. The maximum atomic E-state index is 13.3. The van der Waals surface area contributed by atoms with Crippen molar-refractivity contribution < 1.29 is 43.1 Å². The van der Waals surface area contributed by atoms with E-state index in [1.54, 1.807) is 0 Å². The molecule has 3 rings (SSSR count). The number of thiazole rings is 1. The Labute approximate surface area is 227 Å². The van der Waals surface area contributed by atoms with Gasteiger partial charge in [0.2, 0.25) is 0 Å². The number of carboxylic acids is 1. The molecule has 0 saturated carbocycles. The largest absolute Gasteiger partial charge is 0.550 e. The first-order valence-corrected chi connectivity index (χ1v) is 13.3. The number of anilines is 1. The van der Waals surface area contributed by atoms with Gasteiger partial charge in [-0.3, -0.25) is 14.5 Å². The van der Waals surface area contributed by atoms with Gasteiger partial charge in [-0.2, -0.15) is 0 Å². The molecular formula is C22H30N6O8S2. The smallest absolute Gasteiger partial charge is 0.355 e. The average Bonchev–Trinajstić information content (AvgIpc) is 3.24. The van der Waals surface area contributed by atoms with Crippen LogP contribution in [0.15, 0.2) is 21.8 Å². The second-order valence-corrected chi connectivity index (χ2v) is 11.5. The van der Waals surface area contributed by atoms with Gasteiger partial charge in [-0.05, 0) is 5.57 Å². The minimum Gasteiger partial charge on any atom is -0.550 e. The molecule has 38 heavy (non-hydrogen) atoms. The van der Waals surface area contributed by atoms with Crippen LogP contribution in [0.2, 0.25) is 0 Å². The van der Waals surface area contributed by atoms with E-state index >= 15 is 0 Å². The Balaban J connectivity index is 1.81. The number of amides is 2. The number of oxime groups is 1. The van der Waals surface area contributed by atoms with Crippen molar-refractivity contribution >= 4 is 57.7 Å². The summed E-state index contributed by atoms with van der Waals surface area (Å²) in [5.41, 5.74) is 6.18. The lowest BCUT2D eigenvalue weighted by Gasteiger charge is -2.49. The van der Waals surface area contributed by atoms with Crippen molar-refractivity contribution in [3.05, 3.63) is 22.3 Å². The van der Waals surface area contributed by atoms with Gasteiger partial charge >= 0.3 is 5.97 Å². The summed E-state index contributed by atoms with van der Waals surface area (Å²) in [7, 11) is 8.19. The predicted molar refractivity (Wildman–Crippen MR) is 136 cm³/mol. The second kappa shape index (κ2) is 12.1. The molecule has 0 radical (unpaired) electrons. The molecule has 0 bridgehead atoms. The summed E-state index contributed by atoms with van der Waals surface area (Å²) in [6.07, 6.45) is -1.48. The lowest BCUT2D eigenvalue weighted by Crippen LogP contribution is -2.71. The predicted octanol–water partition coefficient (Wildman–Crippen LogP) is -1.87. The maximum Gasteiger partial charge on any atom is 0.355 e. The highest BCUT2D eigenvalue weighted by atomic mass is 32.2. The quantitative estimate of drug-likeness (QED) is 0.0943. The van der Waals surface area contributed by atoms with Crippen molar-refractivity contribution in [2.75, 3.05) is 60.0 Å². The molecule has 3 atom stereocenters. The molecule has 2 amide bonds. The van der Waals surface area contributed by atoms with E-state index in [4.69, 9.17) is 20.0 Å². The second-order valence-electron chi connectivity index (χ2n) is 9.52. The third-order valence-electron chi connectivity index (χ3n) is 5.43. The number of carbonyl (C=O) groups excluding carboxylic acids is 4. The van der Waals surface area contributed by atoms with E-state index in [0.717, 1.165) is 11.3 Å². The summed E-state index contributed by atoms with van der Waals surface area (Å²) in [6.45, 7) is 0.265. The highest BCUT2D eigenvalue weighted by Crippen LogP contribution is 2.41. The topological polar surface area (TPSA) is 186 Å². The molecule has 16 heteroatoms. The Kier molecular flexibility index (Phi) is 9.35. The average molecular weight is 571 g/mol. The van der Waals surface area contributed by atoms with Crippen LogP contribution in [0, 0.1) is 0 Å². The van der Waals surface area contributed by atoms with Crippen molar-refractivity contribution in [2.24, 2.45) is 5.16 Å². The van der Waals surface area contributed by atoms with E-state index in [-0.39, 0.29) is 35.4 Å². The van der Waals surface area contributed by atoms with E-state index in [1.807, 2.05) is 21.1 Å². The molecule has 1 aromatic heterocycles. The van der Waals surface area contributed by atoms with Gasteiger partial charge in [0.25, 0.3) is 11.8 Å². The van der Waals surface area contributed by atoms with Crippen molar-refractivity contribution in [1.82, 2.24) is 15.2 Å². The van der Waals surface area contributed by atoms with Crippen LogP contribution >= 0.6 is 23.1 Å². The summed E-state index contributed by atoms with van der Waals surface area (Å²) in [5.74, 6) is -3.14. The summed E-state index contributed by atoms with van der Waals surface area (Å²) in [4.78, 5) is 60.8. The number of hydrogen-bond acceptors (Lipinski definition) is 13. The molecule has 14 nitrogen and oxygen atoms in total. The fourth-order valence-corrected chi connectivity index (χ4v) is 5.88. The standard InChI is InChI=1S/C22H30N6O8S2/c1-28(2,3)7-12(6-14(29)30)36-21(33)17-11(8-34-4)9-37-20-16(19(32)27(17)20)25-18(31)15(26-35-5)13-10-38-22(23)24-13/h10,12,16,20H,6-9H2,1-5H3,(H3-,23,24,25,29,30,31)/b26-15-/t12?,16-,20-/m1/s1. The molecule has 0 aromatic carbocycles. The normalized spacial score (nSPS) is 20.4. The summed E-state index contributed by atoms with van der Waals surface area (Å²) < 4.78 is 11.1. The number of aliphatic carboxylic acids is 1. The number of ether oxygens (including phenoxy) is 2. The highest BCUT2D eigenvalue weighted by molar-refractivity contribution is 8.00. The third-order valence-corrected chi connectivity index (χ3v) is 7.44. The molecule has 0 aliphatic carbocycles. The Bertz CT molecular complexity index is 1160. The number of aromatic nitrogens is 1. The van der Waals surface area contributed by atoms with Crippen molar-refractivity contribution in [3.8, 4) is 0 Å². The molecule has 2 aliphatic rings. The van der Waals surface area contributed by atoms with Crippen LogP contribution < -0.4 is 16.2 Å². The molecule has 2 aliphatic heterocycles. The van der Waals surface area contributed by atoms with E-state index in [0.29, 0.717) is 15.8 Å². The molecule has 1 aromatic rings. The van der Waals surface area contributed by atoms with Crippen molar-refractivity contribution in [2.45, 2.75) is 23.9 Å². The summed E-state index contributed by atoms with van der Waals surface area (Å²) in [6, 6.07) is -0.970. The number of thioether (sulfide) groups is 1. The van der Waals surface area contributed by atoms with Crippen LogP contribution in [0.3, 0.4) is 0 Å². The first kappa shape index (κ1) is 29.3. The molecule has 3 N–H and O–H groups in total. The van der Waals surface area contributed by atoms with Crippen LogP contribution in [0.1, 0.15) is 12.1 Å². The molecule has 0 spiro atoms. The van der Waals surface area contributed by atoms with E-state index in [2.05, 4.69) is 15.5 Å². The lowest BCUT2D eigenvalue weighted by molar-refractivity contribution is -0.873. The van der Waals surface area contributed by atoms with Gasteiger partial charge in [0, 0.05) is 30.6 Å². The number of fused-ring (bicyclic) bond motifs is 1. The van der Waals surface area contributed by atoms with Gasteiger partial charge in [-0.1, -0.05) is 5.16 Å². The maximum absolute atomic E-state index is 13.3. The van der Waals surface area contributed by atoms with E-state index in [1.165, 1.54) is 36.3 Å². The van der Waals surface area contributed by atoms with E-state index < -0.39 is 47.7 Å². The number of β-lactam (4-membered cyclic amide) rings is 1. The van der Waals surface area contributed by atoms with Gasteiger partial charge in [0.1, 0.15) is 36.5 Å². The Morgan fingerprint density at radius 1 is 1.34 bits per heavy atom. The molecule has 1 saturated heterocycles. The lowest BCUT2D eigenvalue weighted by atomic mass is 10.0. The Morgan fingerprint density at radius 3 is 2.61 bits per heavy atom. The number of quaternary nitrogens is 1. The van der Waals surface area contributed by atoms with Gasteiger partial charge in [0.05, 0.1) is 27.7 Å². The number of methoxy groups -OCH3 is 1. The van der Waals surface area contributed by atoms with E-state index in [9.17, 15) is 24.3 Å². The number of nitrogen functional groups attached to an aromatic ring is 1. The number of nitrogens with two attached hydrogens (primary N) is 1. The SMILES string of the molecule is COCC1=C(C(=O)OC(CC(=O)[O-])C[N+](C)(C)C)N2C(=O)[C@@H](NC(=O)/C(=N\OC)c3csc(N)n3)[C@H]2SC1.